The van der Waals surface area contributed by atoms with E-state index < -0.39 is 0 Å². The van der Waals surface area contributed by atoms with Gasteiger partial charge in [-0.1, -0.05) is 0 Å². The summed E-state index contributed by atoms with van der Waals surface area (Å²) in [4.78, 5) is 2.21. The van der Waals surface area contributed by atoms with Crippen LogP contribution in [0.25, 0.3) is 5.57 Å². The van der Waals surface area contributed by atoms with Crippen LogP contribution in [-0.4, -0.2) is 25.5 Å². The van der Waals surface area contributed by atoms with Gasteiger partial charge in [0.1, 0.15) is 0 Å². The summed E-state index contributed by atoms with van der Waals surface area (Å²) < 4.78 is 5.29. The Balaban J connectivity index is 0.00000180. The number of rotatable bonds is 5. The van der Waals surface area contributed by atoms with E-state index in [0.29, 0.717) is 6.61 Å². The Morgan fingerprint density at radius 2 is 1.90 bits per heavy atom. The molecule has 0 spiro atoms. The first-order valence-electron chi connectivity index (χ1n) is 6.12. The van der Waals surface area contributed by atoms with Crippen molar-refractivity contribution in [2.45, 2.75) is 13.0 Å². The monoisotopic (exact) mass is 346 g/mol. The minimum Gasteiger partial charge on any atom is -1.00 e. The van der Waals surface area contributed by atoms with E-state index in [-0.39, 0.29) is 24.8 Å². The van der Waals surface area contributed by atoms with Crippen molar-refractivity contribution in [3.05, 3.63) is 53.1 Å². The van der Waals surface area contributed by atoms with Gasteiger partial charge in [0.25, 0.3) is 0 Å². The Hall–Kier alpha value is -0.0857. The standard InChI is InChI=1S/C15H18NO.2ClH.Ti/c1-16(2)10-12-7-5-9-14(12)15-8-4-3-6-13(15)11-17;;;/h3-8H,9-11H2,1-2H3;2*1H;/q-1;;;+3/p-2. The fourth-order valence-corrected chi connectivity index (χ4v) is 2.58. The number of halogens is 2. The third-order valence-electron chi connectivity index (χ3n) is 3.09. The van der Waals surface area contributed by atoms with E-state index in [4.69, 9.17) is 3.32 Å². The van der Waals surface area contributed by atoms with Crippen LogP contribution in [0.3, 0.4) is 0 Å². The van der Waals surface area contributed by atoms with Gasteiger partial charge in [0.2, 0.25) is 0 Å². The van der Waals surface area contributed by atoms with E-state index in [0.717, 1.165) is 13.0 Å². The summed E-state index contributed by atoms with van der Waals surface area (Å²) >= 11 is 1.75. The zero-order chi connectivity index (χ0) is 13.0. The molecule has 2 rings (SSSR count). The molecule has 0 aromatic heterocycles. The largest absolute Gasteiger partial charge is 1.00 e. The van der Waals surface area contributed by atoms with Crippen LogP contribution in [0.4, 0.5) is 0 Å². The van der Waals surface area contributed by atoms with Crippen molar-refractivity contribution < 1.29 is 49.0 Å². The third kappa shape index (κ3) is 5.03. The van der Waals surface area contributed by atoms with Gasteiger partial charge in [-0.2, -0.15) is 0 Å². The van der Waals surface area contributed by atoms with Crippen LogP contribution in [0.2, 0.25) is 0 Å². The maximum atomic E-state index is 5.29. The predicted octanol–water partition coefficient (Wildman–Crippen LogP) is -3.05. The fraction of sp³-hybridized carbons (Fsp3) is 0.333. The molecule has 2 nitrogen and oxygen atoms in total. The van der Waals surface area contributed by atoms with Gasteiger partial charge in [0.05, 0.1) is 0 Å². The molecule has 0 N–H and O–H groups in total. The van der Waals surface area contributed by atoms with E-state index >= 15 is 0 Å². The SMILES string of the molecule is CN(C)CC1=C(c2ccccc2C[O][Ti+2])CC=C1.[Cl-].[Cl-]. The summed E-state index contributed by atoms with van der Waals surface area (Å²) in [6.45, 7) is 1.67. The van der Waals surface area contributed by atoms with Crippen molar-refractivity contribution in [2.75, 3.05) is 20.6 Å². The summed E-state index contributed by atoms with van der Waals surface area (Å²) in [5.74, 6) is 0. The van der Waals surface area contributed by atoms with E-state index in [1.165, 1.54) is 22.3 Å². The molecule has 0 radical (unpaired) electrons. The van der Waals surface area contributed by atoms with Crippen LogP contribution in [-0.2, 0) is 30.7 Å². The van der Waals surface area contributed by atoms with E-state index in [1.807, 2.05) is 0 Å². The number of allylic oxidation sites excluding steroid dienone is 2. The summed E-state index contributed by atoms with van der Waals surface area (Å²) in [5.41, 5.74) is 5.47. The Labute approximate surface area is 146 Å². The summed E-state index contributed by atoms with van der Waals surface area (Å²) in [5, 5.41) is 0. The minimum atomic E-state index is 0. The number of nitrogens with zero attached hydrogens (tertiary/aromatic N) is 1. The maximum absolute atomic E-state index is 5.29. The van der Waals surface area contributed by atoms with Crippen LogP contribution in [0.15, 0.2) is 42.0 Å². The number of benzene rings is 1. The molecule has 1 aliphatic carbocycles. The van der Waals surface area contributed by atoms with Crippen LogP contribution in [0.1, 0.15) is 17.5 Å². The fourth-order valence-electron chi connectivity index (χ4n) is 2.34. The number of hydrogen-bond acceptors (Lipinski definition) is 2. The average Bonchev–Trinajstić information content (AvgIpc) is 2.77. The van der Waals surface area contributed by atoms with E-state index in [9.17, 15) is 0 Å². The molecule has 0 aliphatic heterocycles. The molecular formula is C15H18Cl2NOTi. The molecule has 20 heavy (non-hydrogen) atoms. The second-order valence-corrected chi connectivity index (χ2v) is 5.24. The maximum Gasteiger partial charge on any atom is -1.00 e. The summed E-state index contributed by atoms with van der Waals surface area (Å²) in [6.07, 6.45) is 5.53. The van der Waals surface area contributed by atoms with Crippen molar-refractivity contribution in [1.82, 2.24) is 4.90 Å². The molecule has 0 saturated heterocycles. The second kappa shape index (κ2) is 9.78. The quantitative estimate of drug-likeness (QED) is 0.525. The predicted molar refractivity (Wildman–Crippen MR) is 70.5 cm³/mol. The Morgan fingerprint density at radius 3 is 2.55 bits per heavy atom. The van der Waals surface area contributed by atoms with Gasteiger partial charge in [-0.05, 0) is 0 Å². The molecule has 0 heterocycles. The summed E-state index contributed by atoms with van der Waals surface area (Å²) in [6, 6.07) is 8.53. The number of hydrogen-bond donors (Lipinski definition) is 0. The smallest absolute Gasteiger partial charge is 1.00 e. The first kappa shape index (κ1) is 19.9. The first-order valence-corrected chi connectivity index (χ1v) is 6.76. The van der Waals surface area contributed by atoms with Crippen molar-refractivity contribution in [3.63, 3.8) is 0 Å². The van der Waals surface area contributed by atoms with Gasteiger partial charge in [0.15, 0.2) is 0 Å². The zero-order valence-electron chi connectivity index (χ0n) is 11.7. The molecule has 0 fully saturated rings. The van der Waals surface area contributed by atoms with Gasteiger partial charge in [-0.15, -0.1) is 0 Å². The van der Waals surface area contributed by atoms with E-state index in [1.54, 1.807) is 20.8 Å². The molecule has 0 unspecified atom stereocenters. The average molecular weight is 347 g/mol. The Morgan fingerprint density at radius 1 is 1.20 bits per heavy atom. The molecular weight excluding hydrogens is 329 g/mol. The molecule has 1 aromatic carbocycles. The van der Waals surface area contributed by atoms with Crippen molar-refractivity contribution in [3.8, 4) is 0 Å². The normalized spacial score (nSPS) is 13.4. The van der Waals surface area contributed by atoms with Gasteiger partial charge in [0, 0.05) is 0 Å². The second-order valence-electron chi connectivity index (χ2n) is 4.79. The van der Waals surface area contributed by atoms with Crippen LogP contribution >= 0.6 is 0 Å². The molecule has 1 aromatic rings. The van der Waals surface area contributed by atoms with E-state index in [2.05, 4.69) is 55.4 Å². The van der Waals surface area contributed by atoms with Crippen LogP contribution in [0.5, 0.6) is 0 Å². The minimum absolute atomic E-state index is 0. The van der Waals surface area contributed by atoms with Crippen molar-refractivity contribution in [1.29, 1.82) is 0 Å². The molecule has 107 valence electrons. The Bertz CT molecular complexity index is 487. The summed E-state index contributed by atoms with van der Waals surface area (Å²) in [7, 11) is 4.22. The van der Waals surface area contributed by atoms with Crippen molar-refractivity contribution in [2.24, 2.45) is 0 Å². The van der Waals surface area contributed by atoms with Gasteiger partial charge >= 0.3 is 121 Å². The molecule has 0 bridgehead atoms. The molecule has 5 heteroatoms. The molecule has 1 aliphatic rings. The molecule has 0 atom stereocenters. The molecule has 0 saturated carbocycles. The Kier molecular flexibility index (Phi) is 9.74. The third-order valence-corrected chi connectivity index (χ3v) is 3.31. The van der Waals surface area contributed by atoms with Crippen molar-refractivity contribution >= 4 is 5.57 Å². The molecule has 0 amide bonds. The first-order chi connectivity index (χ1) is 8.72. The van der Waals surface area contributed by atoms with Crippen LogP contribution < -0.4 is 24.8 Å². The number of likely N-dealkylation sites (N-methyl/N-ethyl adjacent to an activating group) is 1. The van der Waals surface area contributed by atoms with Gasteiger partial charge < -0.3 is 24.8 Å². The topological polar surface area (TPSA) is 12.5 Å². The van der Waals surface area contributed by atoms with Crippen LogP contribution in [0, 0.1) is 0 Å². The van der Waals surface area contributed by atoms with Gasteiger partial charge in [-0.25, -0.2) is 0 Å². The zero-order valence-corrected chi connectivity index (χ0v) is 14.8. The van der Waals surface area contributed by atoms with Gasteiger partial charge in [-0.3, -0.25) is 0 Å².